The van der Waals surface area contributed by atoms with Gasteiger partial charge in [0, 0.05) is 19.3 Å². The molecule has 0 aliphatic heterocycles. The van der Waals surface area contributed by atoms with E-state index in [1.807, 2.05) is 0 Å². The Hall–Kier alpha value is -3.93. The molecule has 0 aliphatic carbocycles. The summed E-state index contributed by atoms with van der Waals surface area (Å²) in [5.41, 5.74) is 0. The van der Waals surface area contributed by atoms with Crippen LogP contribution in [-0.4, -0.2) is 37.2 Å². The van der Waals surface area contributed by atoms with Crippen LogP contribution in [0.2, 0.25) is 0 Å². The standard InChI is InChI=1S/C66H110O6/c1-4-7-10-13-16-19-22-25-28-30-31-32-33-34-35-37-38-41-44-47-50-53-56-59-65(68)71-62-63(61-70-64(67)58-55-52-49-46-43-40-27-24-21-18-15-12-9-6-3)72-66(69)60-57-54-51-48-45-42-39-36-29-26-23-20-17-14-11-8-5-2/h7,10,15-20,24-29,31-32,34-35,63H,4-6,8-9,11-14,21-23,30,33,36-62H2,1-3H3/b10-7-,18-15-,19-16-,20-17-,27-24-,28-25-,29-26-,32-31-,35-34-. The molecule has 6 nitrogen and oxygen atoms in total. The van der Waals surface area contributed by atoms with E-state index in [1.165, 1.54) is 96.3 Å². The highest BCUT2D eigenvalue weighted by atomic mass is 16.6. The first-order valence-corrected chi connectivity index (χ1v) is 29.9. The lowest BCUT2D eigenvalue weighted by Crippen LogP contribution is -2.30. The molecule has 0 spiro atoms. The van der Waals surface area contributed by atoms with E-state index < -0.39 is 6.10 Å². The minimum atomic E-state index is -0.796. The quantitative estimate of drug-likeness (QED) is 0.0261. The van der Waals surface area contributed by atoms with Crippen molar-refractivity contribution in [3.63, 3.8) is 0 Å². The molecule has 0 aromatic carbocycles. The Morgan fingerprint density at radius 3 is 0.889 bits per heavy atom. The normalized spacial score (nSPS) is 12.9. The van der Waals surface area contributed by atoms with Gasteiger partial charge in [0.25, 0.3) is 0 Å². The van der Waals surface area contributed by atoms with Crippen LogP contribution < -0.4 is 0 Å². The second kappa shape index (κ2) is 59.6. The molecule has 0 aromatic heterocycles. The van der Waals surface area contributed by atoms with E-state index in [9.17, 15) is 14.4 Å². The summed E-state index contributed by atoms with van der Waals surface area (Å²) in [6.45, 7) is 6.44. The SMILES string of the molecule is CC/C=C\C/C=C\C/C=C\C/C=C\C/C=C\CCCCCCCCCC(=O)OCC(COC(=O)CCCCCCC/C=C\C/C=C\CCCC)OC(=O)CCCCCCCCC/C=C\C/C=C\CCCCC. The van der Waals surface area contributed by atoms with Crippen LogP contribution in [0.1, 0.15) is 271 Å². The molecule has 0 radical (unpaired) electrons. The van der Waals surface area contributed by atoms with E-state index in [0.29, 0.717) is 19.3 Å². The summed E-state index contributed by atoms with van der Waals surface area (Å²) in [5.74, 6) is -0.922. The molecule has 0 saturated heterocycles. The van der Waals surface area contributed by atoms with Crippen molar-refractivity contribution in [3.8, 4) is 0 Å². The summed E-state index contributed by atoms with van der Waals surface area (Å²) in [6.07, 6.45) is 80.7. The van der Waals surface area contributed by atoms with Gasteiger partial charge in [0.2, 0.25) is 0 Å². The van der Waals surface area contributed by atoms with Crippen LogP contribution in [0.15, 0.2) is 109 Å². The second-order valence-corrected chi connectivity index (χ2v) is 19.5. The van der Waals surface area contributed by atoms with E-state index >= 15 is 0 Å². The third-order valence-electron chi connectivity index (χ3n) is 12.5. The van der Waals surface area contributed by atoms with Crippen LogP contribution in [0.25, 0.3) is 0 Å². The zero-order valence-corrected chi connectivity index (χ0v) is 46.9. The monoisotopic (exact) mass is 999 g/mol. The van der Waals surface area contributed by atoms with Crippen LogP contribution in [0.4, 0.5) is 0 Å². The van der Waals surface area contributed by atoms with E-state index in [-0.39, 0.29) is 31.1 Å². The highest BCUT2D eigenvalue weighted by molar-refractivity contribution is 5.71. The predicted octanol–water partition coefficient (Wildman–Crippen LogP) is 20.3. The molecule has 0 aromatic rings. The number of hydrogen-bond donors (Lipinski definition) is 0. The molecule has 0 aliphatic rings. The fraction of sp³-hybridized carbons (Fsp3) is 0.682. The van der Waals surface area contributed by atoms with E-state index in [1.54, 1.807) is 0 Å². The van der Waals surface area contributed by atoms with E-state index in [2.05, 4.69) is 130 Å². The minimum Gasteiger partial charge on any atom is -0.462 e. The van der Waals surface area contributed by atoms with Crippen molar-refractivity contribution in [2.24, 2.45) is 0 Å². The van der Waals surface area contributed by atoms with Gasteiger partial charge in [0.15, 0.2) is 6.10 Å². The maximum Gasteiger partial charge on any atom is 0.306 e. The smallest absolute Gasteiger partial charge is 0.306 e. The van der Waals surface area contributed by atoms with Gasteiger partial charge in [-0.15, -0.1) is 0 Å². The number of unbranched alkanes of at least 4 members (excludes halogenated alkanes) is 24. The first-order chi connectivity index (χ1) is 35.5. The van der Waals surface area contributed by atoms with Crippen molar-refractivity contribution < 1.29 is 28.6 Å². The van der Waals surface area contributed by atoms with Gasteiger partial charge in [0.1, 0.15) is 13.2 Å². The van der Waals surface area contributed by atoms with Gasteiger partial charge >= 0.3 is 17.9 Å². The number of allylic oxidation sites excluding steroid dienone is 18. The fourth-order valence-corrected chi connectivity index (χ4v) is 7.99. The summed E-state index contributed by atoms with van der Waals surface area (Å²) in [7, 11) is 0. The lowest BCUT2D eigenvalue weighted by Gasteiger charge is -2.18. The minimum absolute atomic E-state index is 0.0930. The lowest BCUT2D eigenvalue weighted by molar-refractivity contribution is -0.167. The van der Waals surface area contributed by atoms with Crippen molar-refractivity contribution in [3.05, 3.63) is 109 Å². The third kappa shape index (κ3) is 57.0. The zero-order chi connectivity index (χ0) is 52.2. The number of hydrogen-bond acceptors (Lipinski definition) is 6. The number of rotatable bonds is 53. The second-order valence-electron chi connectivity index (χ2n) is 19.5. The van der Waals surface area contributed by atoms with Crippen LogP contribution >= 0.6 is 0 Å². The predicted molar refractivity (Wildman–Crippen MR) is 311 cm³/mol. The first kappa shape index (κ1) is 68.1. The summed E-state index contributed by atoms with van der Waals surface area (Å²) in [4.78, 5) is 38.2. The molecule has 0 fully saturated rings. The molecule has 0 amide bonds. The van der Waals surface area contributed by atoms with Crippen molar-refractivity contribution in [2.45, 2.75) is 277 Å². The Bertz CT molecular complexity index is 1470. The molecular formula is C66H110O6. The number of ether oxygens (including phenoxy) is 3. The Morgan fingerprint density at radius 2 is 0.556 bits per heavy atom. The van der Waals surface area contributed by atoms with Crippen molar-refractivity contribution in [1.82, 2.24) is 0 Å². The van der Waals surface area contributed by atoms with Gasteiger partial charge in [0.05, 0.1) is 0 Å². The molecule has 1 unspecified atom stereocenters. The summed E-state index contributed by atoms with van der Waals surface area (Å²) in [5, 5.41) is 0. The van der Waals surface area contributed by atoms with Gasteiger partial charge in [-0.3, -0.25) is 14.4 Å². The number of carbonyl (C=O) groups excluding carboxylic acids is 3. The Morgan fingerprint density at radius 1 is 0.292 bits per heavy atom. The largest absolute Gasteiger partial charge is 0.462 e. The van der Waals surface area contributed by atoms with Crippen LogP contribution in [0, 0.1) is 0 Å². The molecular weight excluding hydrogens is 889 g/mol. The first-order valence-electron chi connectivity index (χ1n) is 29.9. The molecule has 0 bridgehead atoms. The Kier molecular flexibility index (Phi) is 56.4. The summed E-state index contributed by atoms with van der Waals surface area (Å²) in [6, 6.07) is 0. The van der Waals surface area contributed by atoms with Gasteiger partial charge in [-0.2, -0.15) is 0 Å². The Balaban J connectivity index is 4.41. The number of carbonyl (C=O) groups is 3. The van der Waals surface area contributed by atoms with Crippen LogP contribution in [-0.2, 0) is 28.6 Å². The Labute approximate surface area is 444 Å². The molecule has 6 heteroatoms. The zero-order valence-electron chi connectivity index (χ0n) is 46.9. The topological polar surface area (TPSA) is 78.9 Å². The molecule has 0 rings (SSSR count). The molecule has 410 valence electrons. The average molecular weight is 1000 g/mol. The van der Waals surface area contributed by atoms with Gasteiger partial charge in [-0.05, 0) is 122 Å². The van der Waals surface area contributed by atoms with Crippen molar-refractivity contribution in [1.29, 1.82) is 0 Å². The lowest BCUT2D eigenvalue weighted by atomic mass is 10.1. The molecule has 0 heterocycles. The molecule has 72 heavy (non-hydrogen) atoms. The van der Waals surface area contributed by atoms with Crippen LogP contribution in [0.5, 0.6) is 0 Å². The molecule has 1 atom stereocenters. The summed E-state index contributed by atoms with van der Waals surface area (Å²) >= 11 is 0. The highest BCUT2D eigenvalue weighted by Gasteiger charge is 2.19. The van der Waals surface area contributed by atoms with Crippen LogP contribution in [0.3, 0.4) is 0 Å². The van der Waals surface area contributed by atoms with Crippen molar-refractivity contribution >= 4 is 17.9 Å². The van der Waals surface area contributed by atoms with E-state index in [4.69, 9.17) is 14.2 Å². The van der Waals surface area contributed by atoms with Gasteiger partial charge < -0.3 is 14.2 Å². The maximum atomic E-state index is 12.9. The number of esters is 3. The van der Waals surface area contributed by atoms with E-state index in [0.717, 1.165) is 135 Å². The average Bonchev–Trinajstić information content (AvgIpc) is 3.38. The van der Waals surface area contributed by atoms with Gasteiger partial charge in [-0.1, -0.05) is 239 Å². The van der Waals surface area contributed by atoms with Gasteiger partial charge in [-0.25, -0.2) is 0 Å². The molecule has 0 N–H and O–H groups in total. The fourth-order valence-electron chi connectivity index (χ4n) is 7.99. The van der Waals surface area contributed by atoms with Crippen molar-refractivity contribution in [2.75, 3.05) is 13.2 Å². The maximum absolute atomic E-state index is 12.9. The molecule has 0 saturated carbocycles. The highest BCUT2D eigenvalue weighted by Crippen LogP contribution is 2.14. The summed E-state index contributed by atoms with van der Waals surface area (Å²) < 4.78 is 16.9. The third-order valence-corrected chi connectivity index (χ3v) is 12.5.